The number of nitriles is 1. The highest BCUT2D eigenvalue weighted by molar-refractivity contribution is 6.36. The Morgan fingerprint density at radius 3 is 2.57 bits per heavy atom. The van der Waals surface area contributed by atoms with Gasteiger partial charge < -0.3 is 9.88 Å². The van der Waals surface area contributed by atoms with Gasteiger partial charge in [-0.2, -0.15) is 14.0 Å². The smallest absolute Gasteiger partial charge is 0.345 e. The van der Waals surface area contributed by atoms with Crippen molar-refractivity contribution in [3.05, 3.63) is 22.0 Å². The molecule has 1 aliphatic rings. The van der Waals surface area contributed by atoms with Crippen molar-refractivity contribution in [3.8, 4) is 6.07 Å². The van der Waals surface area contributed by atoms with Crippen LogP contribution in [0, 0.1) is 18.3 Å². The molecule has 23 heavy (non-hydrogen) atoms. The van der Waals surface area contributed by atoms with E-state index < -0.39 is 11.7 Å². The fourth-order valence-corrected chi connectivity index (χ4v) is 3.23. The minimum absolute atomic E-state index is 0.190. The van der Waals surface area contributed by atoms with Gasteiger partial charge in [0.1, 0.15) is 22.8 Å². The number of nitrogens with two attached hydrogens (primary N) is 1. The molecular formula is C15H16ClF2N5. The number of hydrogen-bond acceptors (Lipinski definition) is 4. The number of nitrogens with one attached hydrogen (secondary N) is 1. The molecule has 1 fully saturated rings. The van der Waals surface area contributed by atoms with Gasteiger partial charge in [0.25, 0.3) is 0 Å². The van der Waals surface area contributed by atoms with Crippen molar-refractivity contribution in [2.75, 3.05) is 18.0 Å². The van der Waals surface area contributed by atoms with Crippen LogP contribution >= 0.6 is 11.6 Å². The Morgan fingerprint density at radius 1 is 1.35 bits per heavy atom. The van der Waals surface area contributed by atoms with Gasteiger partial charge in [-0.25, -0.2) is 4.98 Å². The molecule has 122 valence electrons. The third kappa shape index (κ3) is 2.62. The summed E-state index contributed by atoms with van der Waals surface area (Å²) in [6.45, 7) is 3.12. The number of H-pyrrole nitrogens is 1. The quantitative estimate of drug-likeness (QED) is 0.822. The molecule has 1 saturated heterocycles. The number of halogens is 3. The van der Waals surface area contributed by atoms with E-state index in [-0.39, 0.29) is 16.1 Å². The second-order valence-corrected chi connectivity index (χ2v) is 6.13. The molecule has 8 heteroatoms. The molecule has 0 aromatic carbocycles. The molecule has 3 N–H and O–H groups in total. The number of hydrogen-bond donors (Lipinski definition) is 2. The highest BCUT2D eigenvalue weighted by atomic mass is 35.5. The zero-order valence-electron chi connectivity index (χ0n) is 12.6. The molecule has 0 atom stereocenters. The monoisotopic (exact) mass is 339 g/mol. The summed E-state index contributed by atoms with van der Waals surface area (Å²) in [6, 6.07) is -1.85. The van der Waals surface area contributed by atoms with Gasteiger partial charge >= 0.3 is 6.05 Å². The Hall–Kier alpha value is -1.91. The minimum atomic E-state index is -3.71. The van der Waals surface area contributed by atoms with Crippen molar-refractivity contribution in [1.82, 2.24) is 9.97 Å². The number of piperidine rings is 1. The van der Waals surface area contributed by atoms with Gasteiger partial charge in [0.2, 0.25) is 0 Å². The summed E-state index contributed by atoms with van der Waals surface area (Å²) in [4.78, 5) is 8.92. The lowest BCUT2D eigenvalue weighted by atomic mass is 10.0. The van der Waals surface area contributed by atoms with Crippen LogP contribution in [0.2, 0.25) is 5.02 Å². The number of pyridine rings is 1. The van der Waals surface area contributed by atoms with Crippen molar-refractivity contribution in [2.24, 2.45) is 5.73 Å². The first-order valence-electron chi connectivity index (χ1n) is 7.38. The SMILES string of the molecule is Cc1[nH]c2c(N3CCCCC3)c(C#N)c(C(N)(F)F)nc2c1Cl. The summed E-state index contributed by atoms with van der Waals surface area (Å²) in [7, 11) is 0. The molecule has 0 spiro atoms. The van der Waals surface area contributed by atoms with Crippen LogP contribution < -0.4 is 10.6 Å². The van der Waals surface area contributed by atoms with Crippen LogP contribution in [-0.4, -0.2) is 23.1 Å². The fraction of sp³-hybridized carbons (Fsp3) is 0.467. The molecule has 0 amide bonds. The van der Waals surface area contributed by atoms with E-state index in [2.05, 4.69) is 9.97 Å². The van der Waals surface area contributed by atoms with E-state index in [1.54, 1.807) is 6.92 Å². The molecule has 0 aliphatic carbocycles. The van der Waals surface area contributed by atoms with Gasteiger partial charge in [-0.15, -0.1) is 0 Å². The Kier molecular flexibility index (Phi) is 3.90. The lowest BCUT2D eigenvalue weighted by Gasteiger charge is -2.30. The lowest BCUT2D eigenvalue weighted by molar-refractivity contribution is -0.00156. The van der Waals surface area contributed by atoms with Crippen molar-refractivity contribution >= 4 is 28.3 Å². The highest BCUT2D eigenvalue weighted by Gasteiger charge is 2.35. The molecule has 0 unspecified atom stereocenters. The summed E-state index contributed by atoms with van der Waals surface area (Å²) in [5.74, 6) is 0. The average Bonchev–Trinajstić information content (AvgIpc) is 2.80. The molecule has 2 aromatic heterocycles. The average molecular weight is 340 g/mol. The summed E-state index contributed by atoms with van der Waals surface area (Å²) < 4.78 is 27.6. The second kappa shape index (κ2) is 5.62. The topological polar surface area (TPSA) is 81.7 Å². The Morgan fingerprint density at radius 2 is 2.00 bits per heavy atom. The third-order valence-corrected chi connectivity index (χ3v) is 4.58. The van der Waals surface area contributed by atoms with E-state index in [9.17, 15) is 14.0 Å². The van der Waals surface area contributed by atoms with Gasteiger partial charge in [0, 0.05) is 18.8 Å². The first kappa shape index (κ1) is 16.0. The standard InChI is InChI=1S/C15H16ClF2N5/c1-8-10(16)11-12(21-8)13(23-5-3-2-4-6-23)9(7-19)14(22-11)15(17,18)20/h21H,2-6,20H2,1H3. The maximum Gasteiger partial charge on any atom is 0.345 e. The lowest BCUT2D eigenvalue weighted by Crippen LogP contribution is -2.33. The minimum Gasteiger partial charge on any atom is -0.369 e. The van der Waals surface area contributed by atoms with Crippen LogP contribution in [0.15, 0.2) is 0 Å². The normalized spacial score (nSPS) is 15.9. The van der Waals surface area contributed by atoms with Crippen LogP contribution in [-0.2, 0) is 6.05 Å². The summed E-state index contributed by atoms with van der Waals surface area (Å²) >= 11 is 6.19. The van der Waals surface area contributed by atoms with Crippen LogP contribution in [0.4, 0.5) is 14.5 Å². The van der Waals surface area contributed by atoms with E-state index in [0.717, 1.165) is 19.3 Å². The first-order valence-corrected chi connectivity index (χ1v) is 7.76. The molecule has 0 radical (unpaired) electrons. The number of aryl methyl sites for hydroxylation is 1. The van der Waals surface area contributed by atoms with Crippen molar-refractivity contribution < 1.29 is 8.78 Å². The van der Waals surface area contributed by atoms with Gasteiger partial charge in [-0.1, -0.05) is 11.6 Å². The van der Waals surface area contributed by atoms with Crippen LogP contribution in [0.1, 0.15) is 36.2 Å². The summed E-state index contributed by atoms with van der Waals surface area (Å²) in [6.07, 6.45) is 2.96. The number of aromatic nitrogens is 2. The Bertz CT molecular complexity index is 797. The van der Waals surface area contributed by atoms with Crippen LogP contribution in [0.5, 0.6) is 0 Å². The van der Waals surface area contributed by atoms with E-state index >= 15 is 0 Å². The maximum atomic E-state index is 13.8. The largest absolute Gasteiger partial charge is 0.369 e. The maximum absolute atomic E-state index is 13.8. The zero-order valence-corrected chi connectivity index (χ0v) is 13.3. The number of aromatic amines is 1. The van der Waals surface area contributed by atoms with Crippen molar-refractivity contribution in [3.63, 3.8) is 0 Å². The van der Waals surface area contributed by atoms with E-state index in [1.807, 2.05) is 11.0 Å². The summed E-state index contributed by atoms with van der Waals surface area (Å²) in [5, 5.41) is 9.75. The molecular weight excluding hydrogens is 324 g/mol. The fourth-order valence-electron chi connectivity index (χ4n) is 3.05. The molecule has 5 nitrogen and oxygen atoms in total. The number of alkyl halides is 2. The number of anilines is 1. The van der Waals surface area contributed by atoms with E-state index in [1.165, 1.54) is 0 Å². The molecule has 2 aromatic rings. The predicted molar refractivity (Wildman–Crippen MR) is 84.7 cm³/mol. The zero-order chi connectivity index (χ0) is 16.8. The molecule has 0 bridgehead atoms. The van der Waals surface area contributed by atoms with Gasteiger partial charge in [0.15, 0.2) is 0 Å². The summed E-state index contributed by atoms with van der Waals surface area (Å²) in [5.41, 5.74) is 5.82. The van der Waals surface area contributed by atoms with Gasteiger partial charge in [-0.3, -0.25) is 5.73 Å². The van der Waals surface area contributed by atoms with Crippen molar-refractivity contribution in [2.45, 2.75) is 32.2 Å². The molecule has 1 aliphatic heterocycles. The van der Waals surface area contributed by atoms with Gasteiger partial charge in [-0.05, 0) is 26.2 Å². The third-order valence-electron chi connectivity index (χ3n) is 4.12. The number of rotatable bonds is 2. The van der Waals surface area contributed by atoms with E-state index in [0.29, 0.717) is 30.0 Å². The molecule has 3 rings (SSSR count). The Labute approximate surface area is 137 Å². The second-order valence-electron chi connectivity index (χ2n) is 5.75. The first-order chi connectivity index (χ1) is 10.8. The van der Waals surface area contributed by atoms with E-state index in [4.69, 9.17) is 17.3 Å². The Balaban J connectivity index is 2.38. The molecule has 0 saturated carbocycles. The predicted octanol–water partition coefficient (Wildman–Crippen LogP) is 3.39. The van der Waals surface area contributed by atoms with Crippen LogP contribution in [0.3, 0.4) is 0 Å². The van der Waals surface area contributed by atoms with Crippen molar-refractivity contribution in [1.29, 1.82) is 5.26 Å². The van der Waals surface area contributed by atoms with Gasteiger partial charge in [0.05, 0.1) is 16.2 Å². The molecule has 3 heterocycles. The van der Waals surface area contributed by atoms with Crippen LogP contribution in [0.25, 0.3) is 11.0 Å². The number of nitrogens with zero attached hydrogens (tertiary/aromatic N) is 3. The highest BCUT2D eigenvalue weighted by Crippen LogP contribution is 2.39. The number of fused-ring (bicyclic) bond motifs is 1.